The summed E-state index contributed by atoms with van der Waals surface area (Å²) < 4.78 is 12.8. The third kappa shape index (κ3) is 3.70. The Labute approximate surface area is 167 Å². The first-order valence-corrected chi connectivity index (χ1v) is 10.1. The van der Waals surface area contributed by atoms with Crippen LogP contribution in [0.15, 0.2) is 52.2 Å². The number of carbonyl (C=O) groups is 1. The van der Waals surface area contributed by atoms with Gasteiger partial charge in [0.05, 0.1) is 30.3 Å². The second kappa shape index (κ2) is 8.20. The first kappa shape index (κ1) is 18.8. The summed E-state index contributed by atoms with van der Waals surface area (Å²) in [6.45, 7) is 6.26. The van der Waals surface area contributed by atoms with Crippen molar-refractivity contribution in [2.75, 3.05) is 26.3 Å². The fourth-order valence-electron chi connectivity index (χ4n) is 3.20. The van der Waals surface area contributed by atoms with Gasteiger partial charge in [-0.15, -0.1) is 10.2 Å². The van der Waals surface area contributed by atoms with Crippen LogP contribution >= 0.6 is 11.8 Å². The van der Waals surface area contributed by atoms with Gasteiger partial charge >= 0.3 is 0 Å². The molecule has 1 aliphatic rings. The summed E-state index contributed by atoms with van der Waals surface area (Å²) in [6.07, 6.45) is 1.64. The molecule has 28 heavy (non-hydrogen) atoms. The van der Waals surface area contributed by atoms with Crippen LogP contribution in [0.5, 0.6) is 0 Å². The quantitative estimate of drug-likeness (QED) is 0.615. The van der Waals surface area contributed by atoms with E-state index in [0.717, 1.165) is 17.0 Å². The molecular formula is C20H22N4O3S. The Morgan fingerprint density at radius 1 is 1.14 bits per heavy atom. The number of aromatic nitrogens is 3. The molecule has 0 N–H and O–H groups in total. The van der Waals surface area contributed by atoms with Gasteiger partial charge in [-0.1, -0.05) is 30.0 Å². The van der Waals surface area contributed by atoms with Gasteiger partial charge in [-0.05, 0) is 32.0 Å². The first-order chi connectivity index (χ1) is 13.6. The molecule has 0 saturated carbocycles. The standard InChI is InChI=1S/C20H22N4O3S/c1-14-17(8-11-27-14)18-21-22-20(24(18)16-6-4-3-5-7-16)28-15(2)19(25)23-9-12-26-13-10-23/h3-8,11,15H,9-10,12-13H2,1-2H3. The Bertz CT molecular complexity index is 948. The largest absolute Gasteiger partial charge is 0.469 e. The fraction of sp³-hybridized carbons (Fsp3) is 0.350. The van der Waals surface area contributed by atoms with E-state index in [1.54, 1.807) is 6.26 Å². The van der Waals surface area contributed by atoms with Crippen LogP contribution in [0.25, 0.3) is 17.1 Å². The number of thioether (sulfide) groups is 1. The second-order valence-electron chi connectivity index (χ2n) is 6.57. The van der Waals surface area contributed by atoms with E-state index in [4.69, 9.17) is 9.15 Å². The molecule has 0 spiro atoms. The van der Waals surface area contributed by atoms with Crippen LogP contribution in [0.4, 0.5) is 0 Å². The topological polar surface area (TPSA) is 73.4 Å². The molecule has 1 amide bonds. The maximum atomic E-state index is 12.8. The van der Waals surface area contributed by atoms with Crippen molar-refractivity contribution in [2.24, 2.45) is 0 Å². The monoisotopic (exact) mass is 398 g/mol. The van der Waals surface area contributed by atoms with Crippen molar-refractivity contribution in [3.05, 3.63) is 48.4 Å². The average molecular weight is 398 g/mol. The highest BCUT2D eigenvalue weighted by Gasteiger charge is 2.26. The number of morpholine rings is 1. The minimum Gasteiger partial charge on any atom is -0.469 e. The normalized spacial score (nSPS) is 15.6. The molecule has 2 aromatic heterocycles. The van der Waals surface area contributed by atoms with Crippen molar-refractivity contribution in [2.45, 2.75) is 24.3 Å². The molecule has 7 nitrogen and oxygen atoms in total. The molecule has 1 atom stereocenters. The molecule has 4 rings (SSSR count). The number of hydrogen-bond donors (Lipinski definition) is 0. The summed E-state index contributed by atoms with van der Waals surface area (Å²) in [5.74, 6) is 1.57. The van der Waals surface area contributed by atoms with E-state index in [1.807, 2.05) is 59.7 Å². The van der Waals surface area contributed by atoms with E-state index < -0.39 is 0 Å². The number of aryl methyl sites for hydroxylation is 1. The summed E-state index contributed by atoms with van der Waals surface area (Å²) in [4.78, 5) is 14.7. The zero-order chi connectivity index (χ0) is 19.5. The van der Waals surface area contributed by atoms with Gasteiger partial charge < -0.3 is 14.1 Å². The van der Waals surface area contributed by atoms with E-state index in [2.05, 4.69) is 10.2 Å². The van der Waals surface area contributed by atoms with Crippen LogP contribution in [-0.2, 0) is 9.53 Å². The van der Waals surface area contributed by atoms with Crippen LogP contribution < -0.4 is 0 Å². The van der Waals surface area contributed by atoms with Gasteiger partial charge in [0.25, 0.3) is 0 Å². The number of carbonyl (C=O) groups excluding carboxylic acids is 1. The van der Waals surface area contributed by atoms with Crippen molar-refractivity contribution >= 4 is 17.7 Å². The predicted molar refractivity (Wildman–Crippen MR) is 107 cm³/mol. The van der Waals surface area contributed by atoms with Gasteiger partial charge in [0, 0.05) is 18.8 Å². The van der Waals surface area contributed by atoms with E-state index in [1.165, 1.54) is 11.8 Å². The molecule has 3 heterocycles. The molecular weight excluding hydrogens is 376 g/mol. The van der Waals surface area contributed by atoms with Gasteiger partial charge in [-0.2, -0.15) is 0 Å². The molecule has 0 radical (unpaired) electrons. The SMILES string of the molecule is Cc1occc1-c1nnc(SC(C)C(=O)N2CCOCC2)n1-c1ccccc1. The number of furan rings is 1. The molecule has 1 aromatic carbocycles. The molecule has 3 aromatic rings. The molecule has 146 valence electrons. The number of benzene rings is 1. The molecule has 0 aliphatic carbocycles. The zero-order valence-corrected chi connectivity index (χ0v) is 16.7. The van der Waals surface area contributed by atoms with E-state index >= 15 is 0 Å². The molecule has 1 unspecified atom stereocenters. The average Bonchev–Trinajstić information content (AvgIpc) is 3.34. The Morgan fingerprint density at radius 2 is 1.89 bits per heavy atom. The van der Waals surface area contributed by atoms with Gasteiger partial charge in [-0.25, -0.2) is 0 Å². The van der Waals surface area contributed by atoms with Crippen LogP contribution in [-0.4, -0.2) is 57.1 Å². The first-order valence-electron chi connectivity index (χ1n) is 9.23. The third-order valence-electron chi connectivity index (χ3n) is 4.70. The molecule has 1 aliphatic heterocycles. The minimum absolute atomic E-state index is 0.0944. The number of hydrogen-bond acceptors (Lipinski definition) is 6. The maximum absolute atomic E-state index is 12.8. The van der Waals surface area contributed by atoms with Crippen molar-refractivity contribution in [3.8, 4) is 17.1 Å². The van der Waals surface area contributed by atoms with Gasteiger partial charge in [0.15, 0.2) is 11.0 Å². The second-order valence-corrected chi connectivity index (χ2v) is 7.87. The summed E-state index contributed by atoms with van der Waals surface area (Å²) in [7, 11) is 0. The number of nitrogens with zero attached hydrogens (tertiary/aromatic N) is 4. The smallest absolute Gasteiger partial charge is 0.236 e. The summed E-state index contributed by atoms with van der Waals surface area (Å²) >= 11 is 1.42. The summed E-state index contributed by atoms with van der Waals surface area (Å²) in [6, 6.07) is 11.8. The van der Waals surface area contributed by atoms with Crippen molar-refractivity contribution < 1.29 is 13.9 Å². The number of amides is 1. The fourth-order valence-corrected chi connectivity index (χ4v) is 4.15. The van der Waals surface area contributed by atoms with Gasteiger partial charge in [0.2, 0.25) is 5.91 Å². The highest BCUT2D eigenvalue weighted by atomic mass is 32.2. The molecule has 8 heteroatoms. The van der Waals surface area contributed by atoms with Crippen LogP contribution in [0, 0.1) is 6.92 Å². The van der Waals surface area contributed by atoms with Crippen LogP contribution in [0.1, 0.15) is 12.7 Å². The summed E-state index contributed by atoms with van der Waals surface area (Å²) in [5, 5.41) is 9.21. The molecule has 0 bridgehead atoms. The molecule has 1 fully saturated rings. The molecule has 1 saturated heterocycles. The van der Waals surface area contributed by atoms with Gasteiger partial charge in [-0.3, -0.25) is 9.36 Å². The lowest BCUT2D eigenvalue weighted by Gasteiger charge is -2.28. The maximum Gasteiger partial charge on any atom is 0.236 e. The van der Waals surface area contributed by atoms with E-state index in [9.17, 15) is 4.79 Å². The lowest BCUT2D eigenvalue weighted by Crippen LogP contribution is -2.44. The Balaban J connectivity index is 1.66. The highest BCUT2D eigenvalue weighted by Crippen LogP contribution is 2.32. The Kier molecular flexibility index (Phi) is 5.50. The van der Waals surface area contributed by atoms with Crippen molar-refractivity contribution in [3.63, 3.8) is 0 Å². The number of rotatable bonds is 5. The van der Waals surface area contributed by atoms with Gasteiger partial charge in [0.1, 0.15) is 5.76 Å². The lowest BCUT2D eigenvalue weighted by molar-refractivity contribution is -0.134. The van der Waals surface area contributed by atoms with Crippen LogP contribution in [0.3, 0.4) is 0 Å². The third-order valence-corrected chi connectivity index (χ3v) is 5.73. The number of ether oxygens (including phenoxy) is 1. The lowest BCUT2D eigenvalue weighted by atomic mass is 10.2. The van der Waals surface area contributed by atoms with Crippen molar-refractivity contribution in [1.82, 2.24) is 19.7 Å². The minimum atomic E-state index is -0.275. The van der Waals surface area contributed by atoms with E-state index in [0.29, 0.717) is 37.3 Å². The van der Waals surface area contributed by atoms with Crippen molar-refractivity contribution in [1.29, 1.82) is 0 Å². The Hall–Kier alpha value is -2.58. The Morgan fingerprint density at radius 3 is 2.57 bits per heavy atom. The van der Waals surface area contributed by atoms with Crippen LogP contribution in [0.2, 0.25) is 0 Å². The zero-order valence-electron chi connectivity index (χ0n) is 15.9. The number of para-hydroxylation sites is 1. The highest BCUT2D eigenvalue weighted by molar-refractivity contribution is 8.00. The predicted octanol–water partition coefficient (Wildman–Crippen LogP) is 3.18. The summed E-state index contributed by atoms with van der Waals surface area (Å²) in [5.41, 5.74) is 1.83. The van der Waals surface area contributed by atoms with E-state index in [-0.39, 0.29) is 11.2 Å².